The van der Waals surface area contributed by atoms with Crippen LogP contribution in [0.1, 0.15) is 40.5 Å². The molecule has 1 aliphatic heterocycles. The Morgan fingerprint density at radius 1 is 1.12 bits per heavy atom. The first-order valence-corrected chi connectivity index (χ1v) is 8.26. The molecule has 6 heteroatoms. The van der Waals surface area contributed by atoms with Gasteiger partial charge in [0, 0.05) is 31.7 Å². The van der Waals surface area contributed by atoms with Crippen molar-refractivity contribution in [1.29, 1.82) is 0 Å². The van der Waals surface area contributed by atoms with Crippen molar-refractivity contribution in [3.8, 4) is 5.75 Å². The number of carbonyl (C=O) groups excluding carboxylic acids is 2. The van der Waals surface area contributed by atoms with Crippen molar-refractivity contribution < 1.29 is 19.1 Å². The van der Waals surface area contributed by atoms with E-state index in [1.165, 1.54) is 6.92 Å². The molecule has 1 saturated heterocycles. The van der Waals surface area contributed by atoms with Gasteiger partial charge < -0.3 is 19.7 Å². The van der Waals surface area contributed by atoms with Crippen molar-refractivity contribution >= 4 is 17.7 Å². The molecule has 132 valence electrons. The lowest BCUT2D eigenvalue weighted by atomic mass is 10.0. The van der Waals surface area contributed by atoms with Crippen molar-refractivity contribution in [3.63, 3.8) is 0 Å². The number of esters is 1. The second kappa shape index (κ2) is 7.55. The second-order valence-electron chi connectivity index (χ2n) is 7.00. The smallest absolute Gasteiger partial charge is 0.407 e. The van der Waals surface area contributed by atoms with E-state index in [9.17, 15) is 9.59 Å². The Labute approximate surface area is 143 Å². The molecule has 1 fully saturated rings. The van der Waals surface area contributed by atoms with Crippen LogP contribution in [0.15, 0.2) is 24.3 Å². The van der Waals surface area contributed by atoms with E-state index in [4.69, 9.17) is 9.47 Å². The molecule has 0 unspecified atom stereocenters. The van der Waals surface area contributed by atoms with E-state index in [-0.39, 0.29) is 18.1 Å². The number of ether oxygens (including phenoxy) is 2. The topological polar surface area (TPSA) is 67.9 Å². The first-order valence-electron chi connectivity index (χ1n) is 8.26. The molecule has 1 amide bonds. The number of nitrogens with one attached hydrogen (secondary N) is 1. The number of benzene rings is 1. The maximum atomic E-state index is 11.8. The lowest BCUT2D eigenvalue weighted by molar-refractivity contribution is -0.131. The maximum Gasteiger partial charge on any atom is 0.407 e. The number of amides is 1. The van der Waals surface area contributed by atoms with E-state index >= 15 is 0 Å². The largest absolute Gasteiger partial charge is 0.444 e. The SMILES string of the molecule is CC(=O)Oc1ccc(N2CCC(NC(=O)OC(C)(C)C)CC2)cc1. The normalized spacial score (nSPS) is 15.8. The third-order valence-corrected chi connectivity index (χ3v) is 3.68. The van der Waals surface area contributed by atoms with E-state index in [1.807, 2.05) is 32.9 Å². The number of piperidine rings is 1. The van der Waals surface area contributed by atoms with Crippen molar-refractivity contribution in [1.82, 2.24) is 5.32 Å². The first-order chi connectivity index (χ1) is 11.2. The number of rotatable bonds is 3. The molecule has 0 spiro atoms. The van der Waals surface area contributed by atoms with Crippen molar-refractivity contribution in [2.75, 3.05) is 18.0 Å². The van der Waals surface area contributed by atoms with Crippen LogP contribution in [-0.2, 0) is 9.53 Å². The zero-order chi connectivity index (χ0) is 17.7. The zero-order valence-electron chi connectivity index (χ0n) is 14.8. The van der Waals surface area contributed by atoms with Crippen molar-refractivity contribution in [2.24, 2.45) is 0 Å². The fourth-order valence-corrected chi connectivity index (χ4v) is 2.65. The molecular formula is C18H26N2O4. The molecule has 1 N–H and O–H groups in total. The average molecular weight is 334 g/mol. The molecule has 0 radical (unpaired) electrons. The van der Waals surface area contributed by atoms with Crippen LogP contribution in [0, 0.1) is 0 Å². The van der Waals surface area contributed by atoms with Crippen LogP contribution >= 0.6 is 0 Å². The van der Waals surface area contributed by atoms with Gasteiger partial charge in [0.2, 0.25) is 0 Å². The summed E-state index contributed by atoms with van der Waals surface area (Å²) in [6.45, 7) is 8.66. The fraction of sp³-hybridized carbons (Fsp3) is 0.556. The number of anilines is 1. The number of hydrogen-bond acceptors (Lipinski definition) is 5. The van der Waals surface area contributed by atoms with Crippen LogP contribution < -0.4 is 15.0 Å². The highest BCUT2D eigenvalue weighted by atomic mass is 16.6. The van der Waals surface area contributed by atoms with Gasteiger partial charge in [0.15, 0.2) is 0 Å². The maximum absolute atomic E-state index is 11.8. The number of alkyl carbamates (subject to hydrolysis) is 1. The molecule has 1 aliphatic rings. The lowest BCUT2D eigenvalue weighted by Crippen LogP contribution is -2.46. The molecule has 6 nitrogen and oxygen atoms in total. The Bertz CT molecular complexity index is 570. The Hall–Kier alpha value is -2.24. The molecular weight excluding hydrogens is 308 g/mol. The first kappa shape index (κ1) is 18.1. The predicted octanol–water partition coefficient (Wildman–Crippen LogP) is 3.11. The van der Waals surface area contributed by atoms with Crippen LogP contribution in [0.2, 0.25) is 0 Å². The highest BCUT2D eigenvalue weighted by Crippen LogP contribution is 2.23. The molecule has 0 aliphatic carbocycles. The molecule has 0 atom stereocenters. The minimum Gasteiger partial charge on any atom is -0.444 e. The Kier molecular flexibility index (Phi) is 5.70. The highest BCUT2D eigenvalue weighted by Gasteiger charge is 2.23. The van der Waals surface area contributed by atoms with E-state index in [2.05, 4.69) is 10.2 Å². The van der Waals surface area contributed by atoms with E-state index in [0.29, 0.717) is 5.75 Å². The summed E-state index contributed by atoms with van der Waals surface area (Å²) in [6.07, 6.45) is 1.38. The summed E-state index contributed by atoms with van der Waals surface area (Å²) in [6, 6.07) is 7.61. The summed E-state index contributed by atoms with van der Waals surface area (Å²) in [5, 5.41) is 2.93. The van der Waals surface area contributed by atoms with Gasteiger partial charge in [-0.1, -0.05) is 0 Å². The third kappa shape index (κ3) is 5.76. The van der Waals surface area contributed by atoms with Gasteiger partial charge in [-0.15, -0.1) is 0 Å². The van der Waals surface area contributed by atoms with Crippen LogP contribution in [0.3, 0.4) is 0 Å². The van der Waals surface area contributed by atoms with E-state index in [0.717, 1.165) is 31.6 Å². The second-order valence-corrected chi connectivity index (χ2v) is 7.00. The molecule has 0 aromatic heterocycles. The van der Waals surface area contributed by atoms with Crippen LogP contribution in [0.4, 0.5) is 10.5 Å². The lowest BCUT2D eigenvalue weighted by Gasteiger charge is -2.34. The van der Waals surface area contributed by atoms with Gasteiger partial charge in [0.05, 0.1) is 0 Å². The minimum absolute atomic E-state index is 0.136. The van der Waals surface area contributed by atoms with Crippen molar-refractivity contribution in [3.05, 3.63) is 24.3 Å². The molecule has 2 rings (SSSR count). The fourth-order valence-electron chi connectivity index (χ4n) is 2.65. The number of carbonyl (C=O) groups is 2. The third-order valence-electron chi connectivity index (χ3n) is 3.68. The van der Waals surface area contributed by atoms with Crippen molar-refractivity contribution in [2.45, 2.75) is 52.2 Å². The van der Waals surface area contributed by atoms with Crippen LogP contribution in [-0.4, -0.2) is 36.8 Å². The van der Waals surface area contributed by atoms with Gasteiger partial charge in [0.25, 0.3) is 0 Å². The highest BCUT2D eigenvalue weighted by molar-refractivity contribution is 5.69. The summed E-state index contributed by atoms with van der Waals surface area (Å²) < 4.78 is 10.3. The van der Waals surface area contributed by atoms with E-state index < -0.39 is 5.60 Å². The monoisotopic (exact) mass is 334 g/mol. The number of nitrogens with zero attached hydrogens (tertiary/aromatic N) is 1. The van der Waals surface area contributed by atoms with Crippen LogP contribution in [0.25, 0.3) is 0 Å². The molecule has 1 heterocycles. The van der Waals surface area contributed by atoms with Gasteiger partial charge in [-0.3, -0.25) is 4.79 Å². The minimum atomic E-state index is -0.478. The summed E-state index contributed by atoms with van der Waals surface area (Å²) in [5.41, 5.74) is 0.607. The molecule has 1 aromatic carbocycles. The summed E-state index contributed by atoms with van der Waals surface area (Å²) in [5.74, 6) is 0.226. The van der Waals surface area contributed by atoms with E-state index in [1.54, 1.807) is 12.1 Å². The quantitative estimate of drug-likeness (QED) is 0.679. The average Bonchev–Trinajstić information content (AvgIpc) is 2.46. The standard InChI is InChI=1S/C18H26N2O4/c1-13(21)23-16-7-5-15(6-8-16)20-11-9-14(10-12-20)19-17(22)24-18(2,3)4/h5-8,14H,9-12H2,1-4H3,(H,19,22). The Morgan fingerprint density at radius 2 is 1.71 bits per heavy atom. The summed E-state index contributed by atoms with van der Waals surface area (Å²) in [4.78, 5) is 25.0. The summed E-state index contributed by atoms with van der Waals surface area (Å²) in [7, 11) is 0. The molecule has 24 heavy (non-hydrogen) atoms. The van der Waals surface area contributed by atoms with Crippen LogP contribution in [0.5, 0.6) is 5.75 Å². The summed E-state index contributed by atoms with van der Waals surface area (Å²) >= 11 is 0. The Balaban J connectivity index is 1.82. The van der Waals surface area contributed by atoms with Gasteiger partial charge in [-0.25, -0.2) is 4.79 Å². The zero-order valence-corrected chi connectivity index (χ0v) is 14.8. The van der Waals surface area contributed by atoms with Gasteiger partial charge in [-0.05, 0) is 57.9 Å². The predicted molar refractivity (Wildman–Crippen MR) is 92.4 cm³/mol. The molecule has 0 bridgehead atoms. The Morgan fingerprint density at radius 3 is 2.21 bits per heavy atom. The van der Waals surface area contributed by atoms with Gasteiger partial charge >= 0.3 is 12.1 Å². The molecule has 1 aromatic rings. The number of hydrogen-bond donors (Lipinski definition) is 1. The molecule has 0 saturated carbocycles. The van der Waals surface area contributed by atoms with Gasteiger partial charge in [-0.2, -0.15) is 0 Å². The van der Waals surface area contributed by atoms with Gasteiger partial charge in [0.1, 0.15) is 11.4 Å².